The summed E-state index contributed by atoms with van der Waals surface area (Å²) in [5.41, 5.74) is -0.420. The first-order valence-electron chi connectivity index (χ1n) is 10.5. The van der Waals surface area contributed by atoms with Crippen LogP contribution in [0.25, 0.3) is 0 Å². The van der Waals surface area contributed by atoms with Gasteiger partial charge in [-0.15, -0.1) is 0 Å². The highest BCUT2D eigenvalue weighted by Crippen LogP contribution is 2.38. The van der Waals surface area contributed by atoms with Crippen LogP contribution in [0.3, 0.4) is 0 Å². The van der Waals surface area contributed by atoms with Crippen LogP contribution < -0.4 is 15.9 Å². The van der Waals surface area contributed by atoms with E-state index >= 15 is 0 Å². The fraction of sp³-hybridized carbons (Fsp3) is 0.269. The molecule has 0 N–H and O–H groups in total. The zero-order valence-electron chi connectivity index (χ0n) is 18.2. The molecule has 1 aliphatic rings. The van der Waals surface area contributed by atoms with Crippen molar-refractivity contribution < 1.29 is 17.9 Å². The molecule has 32 heavy (non-hydrogen) atoms. The minimum absolute atomic E-state index is 0.112. The molecular formula is C26H25F3NOP. The van der Waals surface area contributed by atoms with Crippen molar-refractivity contribution in [3.05, 3.63) is 90.0 Å². The summed E-state index contributed by atoms with van der Waals surface area (Å²) in [7, 11) is -1.10. The first kappa shape index (κ1) is 22.5. The molecule has 166 valence electrons. The van der Waals surface area contributed by atoms with E-state index in [4.69, 9.17) is 9.73 Å². The third-order valence-corrected chi connectivity index (χ3v) is 7.98. The quantitative estimate of drug-likeness (QED) is 0.466. The Labute approximate surface area is 187 Å². The number of nitrogens with zero attached hydrogens (tertiary/aromatic N) is 1. The first-order valence-corrected chi connectivity index (χ1v) is 11.8. The second-order valence-corrected chi connectivity index (χ2v) is 11.0. The van der Waals surface area contributed by atoms with Crippen LogP contribution >= 0.6 is 7.92 Å². The van der Waals surface area contributed by atoms with Crippen LogP contribution in [0, 0.1) is 5.41 Å². The lowest BCUT2D eigenvalue weighted by atomic mass is 9.88. The van der Waals surface area contributed by atoms with Gasteiger partial charge in [-0.05, 0) is 41.4 Å². The van der Waals surface area contributed by atoms with Gasteiger partial charge in [0.25, 0.3) is 0 Å². The van der Waals surface area contributed by atoms with Crippen LogP contribution in [-0.4, -0.2) is 18.5 Å². The number of hydrogen-bond acceptors (Lipinski definition) is 2. The van der Waals surface area contributed by atoms with E-state index in [1.165, 1.54) is 6.07 Å². The second kappa shape index (κ2) is 8.71. The van der Waals surface area contributed by atoms with Crippen molar-refractivity contribution >= 4 is 29.7 Å². The average molecular weight is 455 g/mol. The van der Waals surface area contributed by atoms with E-state index in [0.717, 1.165) is 22.0 Å². The molecule has 1 aliphatic heterocycles. The van der Waals surface area contributed by atoms with Crippen molar-refractivity contribution in [2.24, 2.45) is 10.4 Å². The minimum atomic E-state index is -4.45. The largest absolute Gasteiger partial charge is 0.475 e. The Kier molecular flexibility index (Phi) is 6.13. The van der Waals surface area contributed by atoms with Crippen LogP contribution in [0.15, 0.2) is 83.9 Å². The molecule has 0 spiro atoms. The topological polar surface area (TPSA) is 21.6 Å². The predicted molar refractivity (Wildman–Crippen MR) is 126 cm³/mol. The standard InChI is InChI=1S/C26H25F3NOP/c1-25(2,3)23-17-31-24(30-23)21-16-18(26(27,28)29)14-15-22(21)32(19-10-6-4-7-11-19)20-12-8-5-9-13-20/h4-16,23H,17H2,1-3H3/t23-/m0/s1. The second-order valence-electron chi connectivity index (χ2n) is 8.86. The van der Waals surface area contributed by atoms with Gasteiger partial charge in [0.15, 0.2) is 0 Å². The summed E-state index contributed by atoms with van der Waals surface area (Å²) in [5.74, 6) is 0.297. The summed E-state index contributed by atoms with van der Waals surface area (Å²) in [6.45, 7) is 6.53. The van der Waals surface area contributed by atoms with E-state index in [-0.39, 0.29) is 11.5 Å². The zero-order chi connectivity index (χ0) is 22.9. The lowest BCUT2D eigenvalue weighted by Crippen LogP contribution is -2.26. The summed E-state index contributed by atoms with van der Waals surface area (Å²) in [4.78, 5) is 4.72. The number of hydrogen-bond donors (Lipinski definition) is 0. The van der Waals surface area contributed by atoms with Crippen LogP contribution in [0.4, 0.5) is 13.2 Å². The third kappa shape index (κ3) is 4.73. The molecule has 0 unspecified atom stereocenters. The number of benzene rings is 3. The molecule has 0 radical (unpaired) electrons. The SMILES string of the molecule is CC(C)(C)[C@@H]1COC(c2cc(C(F)(F)F)ccc2P(c2ccccc2)c2ccccc2)=N1. The Morgan fingerprint density at radius 3 is 1.88 bits per heavy atom. The van der Waals surface area contributed by atoms with Gasteiger partial charge in [-0.25, -0.2) is 4.99 Å². The molecule has 3 aromatic rings. The third-order valence-electron chi connectivity index (χ3n) is 5.47. The molecule has 2 nitrogen and oxygen atoms in total. The van der Waals surface area contributed by atoms with Gasteiger partial charge in [0, 0.05) is 5.56 Å². The smallest absolute Gasteiger partial charge is 0.416 e. The normalized spacial score (nSPS) is 16.7. The van der Waals surface area contributed by atoms with E-state index in [1.807, 2.05) is 60.7 Å². The maximum Gasteiger partial charge on any atom is 0.416 e. The van der Waals surface area contributed by atoms with Crippen molar-refractivity contribution in [3.63, 3.8) is 0 Å². The minimum Gasteiger partial charge on any atom is -0.475 e. The van der Waals surface area contributed by atoms with E-state index < -0.39 is 19.7 Å². The Bertz CT molecular complexity index is 1070. The Hall–Kier alpha value is -2.65. The van der Waals surface area contributed by atoms with Gasteiger partial charge in [0.05, 0.1) is 11.6 Å². The highest BCUT2D eigenvalue weighted by Gasteiger charge is 2.36. The van der Waals surface area contributed by atoms with Crippen molar-refractivity contribution in [1.82, 2.24) is 0 Å². The zero-order valence-corrected chi connectivity index (χ0v) is 19.1. The molecule has 0 saturated carbocycles. The van der Waals surface area contributed by atoms with Gasteiger partial charge in [-0.3, -0.25) is 0 Å². The van der Waals surface area contributed by atoms with Gasteiger partial charge in [-0.1, -0.05) is 87.5 Å². The van der Waals surface area contributed by atoms with Crippen molar-refractivity contribution in [2.45, 2.75) is 33.0 Å². The van der Waals surface area contributed by atoms with Gasteiger partial charge in [-0.2, -0.15) is 13.2 Å². The van der Waals surface area contributed by atoms with Gasteiger partial charge < -0.3 is 4.74 Å². The van der Waals surface area contributed by atoms with Crippen molar-refractivity contribution in [3.8, 4) is 0 Å². The lowest BCUT2D eigenvalue weighted by molar-refractivity contribution is -0.137. The van der Waals surface area contributed by atoms with Crippen molar-refractivity contribution in [2.75, 3.05) is 6.61 Å². The molecule has 1 atom stereocenters. The van der Waals surface area contributed by atoms with Crippen LogP contribution in [0.2, 0.25) is 0 Å². The van der Waals surface area contributed by atoms with Crippen LogP contribution in [-0.2, 0) is 10.9 Å². The molecule has 3 aromatic carbocycles. The number of alkyl halides is 3. The number of rotatable bonds is 4. The van der Waals surface area contributed by atoms with E-state index in [0.29, 0.717) is 18.1 Å². The van der Waals surface area contributed by atoms with Gasteiger partial charge in [0.1, 0.15) is 6.61 Å². The van der Waals surface area contributed by atoms with Crippen molar-refractivity contribution in [1.29, 1.82) is 0 Å². The maximum absolute atomic E-state index is 13.6. The Balaban J connectivity index is 1.92. The van der Waals surface area contributed by atoms with Gasteiger partial charge in [0.2, 0.25) is 5.90 Å². The summed E-state index contributed by atoms with van der Waals surface area (Å²) < 4.78 is 46.8. The summed E-state index contributed by atoms with van der Waals surface area (Å²) >= 11 is 0. The Morgan fingerprint density at radius 2 is 1.41 bits per heavy atom. The predicted octanol–water partition coefficient (Wildman–Crippen LogP) is 5.66. The number of halogens is 3. The van der Waals surface area contributed by atoms with Gasteiger partial charge >= 0.3 is 6.18 Å². The molecule has 0 aliphatic carbocycles. The van der Waals surface area contributed by atoms with Crippen LogP contribution in [0.1, 0.15) is 31.9 Å². The molecule has 4 rings (SSSR count). The molecule has 1 heterocycles. The van der Waals surface area contributed by atoms with Crippen LogP contribution in [0.5, 0.6) is 0 Å². The van der Waals surface area contributed by atoms with E-state index in [2.05, 4.69) is 20.8 Å². The molecular weight excluding hydrogens is 430 g/mol. The fourth-order valence-electron chi connectivity index (χ4n) is 3.62. The highest BCUT2D eigenvalue weighted by atomic mass is 31.1. The summed E-state index contributed by atoms with van der Waals surface area (Å²) in [6.07, 6.45) is -4.45. The van der Waals surface area contributed by atoms with E-state index in [9.17, 15) is 13.2 Å². The maximum atomic E-state index is 13.6. The summed E-state index contributed by atoms with van der Waals surface area (Å²) in [6, 6.07) is 23.6. The molecule has 0 saturated heterocycles. The highest BCUT2D eigenvalue weighted by molar-refractivity contribution is 7.80. The summed E-state index contributed by atoms with van der Waals surface area (Å²) in [5, 5.41) is 2.92. The number of aliphatic imine (C=N–C) groups is 1. The molecule has 0 amide bonds. The Morgan fingerprint density at radius 1 is 0.844 bits per heavy atom. The molecule has 0 aromatic heterocycles. The number of ether oxygens (including phenoxy) is 1. The average Bonchev–Trinajstić information content (AvgIpc) is 3.26. The van der Waals surface area contributed by atoms with E-state index in [1.54, 1.807) is 6.07 Å². The molecule has 6 heteroatoms. The molecule has 0 fully saturated rings. The fourth-order valence-corrected chi connectivity index (χ4v) is 6.04. The molecule has 0 bridgehead atoms. The first-order chi connectivity index (χ1) is 15.1. The monoisotopic (exact) mass is 455 g/mol. The lowest BCUT2D eigenvalue weighted by Gasteiger charge is -2.23.